The van der Waals surface area contributed by atoms with E-state index in [0.29, 0.717) is 24.9 Å². The molecule has 2 aromatic carbocycles. The average Bonchev–Trinajstić information content (AvgIpc) is 3.23. The Bertz CT molecular complexity index is 1020. The van der Waals surface area contributed by atoms with Gasteiger partial charge in [-0.1, -0.05) is 48.2 Å². The Morgan fingerprint density at radius 1 is 1.06 bits per heavy atom. The van der Waals surface area contributed by atoms with Gasteiger partial charge in [0.1, 0.15) is 0 Å². The van der Waals surface area contributed by atoms with Gasteiger partial charge in [-0.15, -0.1) is 10.2 Å². The van der Waals surface area contributed by atoms with Gasteiger partial charge < -0.3 is 14.5 Å². The molecule has 1 amide bonds. The zero-order chi connectivity index (χ0) is 21.6. The van der Waals surface area contributed by atoms with Gasteiger partial charge in [-0.05, 0) is 37.6 Å². The van der Waals surface area contributed by atoms with Gasteiger partial charge in [0.05, 0.1) is 24.7 Å². The molecule has 3 aromatic rings. The normalized spacial score (nSPS) is 13.9. The number of benzene rings is 2. The van der Waals surface area contributed by atoms with Crippen LogP contribution in [0, 0.1) is 6.92 Å². The maximum atomic E-state index is 13.0. The number of amides is 1. The Hall–Kier alpha value is -2.84. The highest BCUT2D eigenvalue weighted by atomic mass is 32.2. The minimum absolute atomic E-state index is 0.0472. The first-order chi connectivity index (χ1) is 15.2. The summed E-state index contributed by atoms with van der Waals surface area (Å²) in [6.45, 7) is 7.56. The molecule has 0 unspecified atom stereocenters. The highest BCUT2D eigenvalue weighted by Gasteiger charge is 2.24. The topological polar surface area (TPSA) is 63.5 Å². The number of carbonyl (C=O) groups excluding carboxylic acids is 1. The van der Waals surface area contributed by atoms with E-state index >= 15 is 0 Å². The highest BCUT2D eigenvalue weighted by molar-refractivity contribution is 7.99. The lowest BCUT2D eigenvalue weighted by Gasteiger charge is -2.28. The van der Waals surface area contributed by atoms with Crippen LogP contribution in [0.25, 0.3) is 5.69 Å². The molecule has 0 N–H and O–H groups in total. The maximum absolute atomic E-state index is 13.0. The highest BCUT2D eigenvalue weighted by Crippen LogP contribution is 2.29. The first-order valence-electron chi connectivity index (χ1n) is 10.5. The SMILES string of the molecule is CCN(C(=O)CSc1nnc(N2CCOCC2)n1-c1ccccc1C)c1ccccc1. The van der Waals surface area contributed by atoms with Crippen LogP contribution in [0.5, 0.6) is 0 Å². The molecule has 0 atom stereocenters. The van der Waals surface area contributed by atoms with Crippen LogP contribution in [0.15, 0.2) is 59.8 Å². The number of hydrogen-bond donors (Lipinski definition) is 0. The Labute approximate surface area is 187 Å². The van der Waals surface area contributed by atoms with E-state index in [2.05, 4.69) is 38.7 Å². The molecule has 2 heterocycles. The van der Waals surface area contributed by atoms with E-state index in [9.17, 15) is 4.79 Å². The summed E-state index contributed by atoms with van der Waals surface area (Å²) in [5.41, 5.74) is 3.06. The second-order valence-corrected chi connectivity index (χ2v) is 8.21. The molecule has 1 aromatic heterocycles. The Morgan fingerprint density at radius 2 is 1.77 bits per heavy atom. The third kappa shape index (κ3) is 4.75. The van der Waals surface area contributed by atoms with Crippen molar-refractivity contribution in [3.05, 3.63) is 60.2 Å². The average molecular weight is 438 g/mol. The lowest BCUT2D eigenvalue weighted by molar-refractivity contribution is -0.116. The fourth-order valence-corrected chi connectivity index (χ4v) is 4.48. The number of carbonyl (C=O) groups is 1. The smallest absolute Gasteiger partial charge is 0.237 e. The zero-order valence-corrected chi connectivity index (χ0v) is 18.7. The molecule has 1 saturated heterocycles. The Kier molecular flexibility index (Phi) is 6.89. The maximum Gasteiger partial charge on any atom is 0.237 e. The van der Waals surface area contributed by atoms with Crippen molar-refractivity contribution < 1.29 is 9.53 Å². The number of aryl methyl sites for hydroxylation is 1. The number of rotatable bonds is 7. The predicted octanol–water partition coefficient (Wildman–Crippen LogP) is 3.56. The molecule has 1 aliphatic rings. The van der Waals surface area contributed by atoms with Crippen LogP contribution in [-0.2, 0) is 9.53 Å². The summed E-state index contributed by atoms with van der Waals surface area (Å²) in [6, 6.07) is 17.9. The number of hydrogen-bond acceptors (Lipinski definition) is 6. The van der Waals surface area contributed by atoms with E-state index in [1.165, 1.54) is 11.8 Å². The van der Waals surface area contributed by atoms with E-state index in [1.807, 2.05) is 49.4 Å². The van der Waals surface area contributed by atoms with Gasteiger partial charge in [-0.25, -0.2) is 0 Å². The summed E-state index contributed by atoms with van der Waals surface area (Å²) in [7, 11) is 0. The summed E-state index contributed by atoms with van der Waals surface area (Å²) in [4.78, 5) is 17.0. The molecule has 7 nitrogen and oxygen atoms in total. The van der Waals surface area contributed by atoms with Crippen molar-refractivity contribution in [2.45, 2.75) is 19.0 Å². The fraction of sp³-hybridized carbons (Fsp3) is 0.348. The number of aromatic nitrogens is 3. The van der Waals surface area contributed by atoms with Crippen LogP contribution in [0.3, 0.4) is 0 Å². The number of anilines is 2. The van der Waals surface area contributed by atoms with Gasteiger partial charge in [-0.2, -0.15) is 0 Å². The fourth-order valence-electron chi connectivity index (χ4n) is 3.66. The van der Waals surface area contributed by atoms with Crippen LogP contribution >= 0.6 is 11.8 Å². The first kappa shape index (κ1) is 21.4. The molecule has 1 fully saturated rings. The Morgan fingerprint density at radius 3 is 2.48 bits per heavy atom. The lowest BCUT2D eigenvalue weighted by atomic mass is 10.2. The van der Waals surface area contributed by atoms with E-state index in [1.54, 1.807) is 4.90 Å². The van der Waals surface area contributed by atoms with Gasteiger partial charge in [-0.3, -0.25) is 9.36 Å². The molecule has 0 aliphatic carbocycles. The second-order valence-electron chi connectivity index (χ2n) is 7.27. The summed E-state index contributed by atoms with van der Waals surface area (Å²) in [5, 5.41) is 9.67. The van der Waals surface area contributed by atoms with Crippen LogP contribution < -0.4 is 9.80 Å². The quantitative estimate of drug-likeness (QED) is 0.527. The molecule has 0 saturated carbocycles. The van der Waals surface area contributed by atoms with Gasteiger partial charge >= 0.3 is 0 Å². The van der Waals surface area contributed by atoms with Crippen LogP contribution in [0.1, 0.15) is 12.5 Å². The van der Waals surface area contributed by atoms with Crippen LogP contribution in [0.4, 0.5) is 11.6 Å². The van der Waals surface area contributed by atoms with Crippen molar-refractivity contribution in [1.82, 2.24) is 14.8 Å². The van der Waals surface area contributed by atoms with E-state index in [0.717, 1.165) is 36.0 Å². The minimum Gasteiger partial charge on any atom is -0.378 e. The summed E-state index contributed by atoms with van der Waals surface area (Å²) in [5.74, 6) is 1.13. The van der Waals surface area contributed by atoms with Crippen molar-refractivity contribution in [3.8, 4) is 5.69 Å². The summed E-state index contributed by atoms with van der Waals surface area (Å²) >= 11 is 1.42. The largest absolute Gasteiger partial charge is 0.378 e. The van der Waals surface area contributed by atoms with Gasteiger partial charge in [0.25, 0.3) is 0 Å². The molecular weight excluding hydrogens is 410 g/mol. The molecular formula is C23H27N5O2S. The molecule has 162 valence electrons. The number of morpholine rings is 1. The van der Waals surface area contributed by atoms with Crippen molar-refractivity contribution in [2.75, 3.05) is 48.4 Å². The predicted molar refractivity (Wildman–Crippen MR) is 124 cm³/mol. The van der Waals surface area contributed by atoms with E-state index in [4.69, 9.17) is 4.74 Å². The van der Waals surface area contributed by atoms with Crippen LogP contribution in [-0.4, -0.2) is 59.3 Å². The summed E-state index contributed by atoms with van der Waals surface area (Å²) < 4.78 is 7.57. The molecule has 31 heavy (non-hydrogen) atoms. The minimum atomic E-state index is 0.0472. The number of nitrogens with zero attached hydrogens (tertiary/aromatic N) is 5. The molecule has 0 bridgehead atoms. The van der Waals surface area contributed by atoms with Crippen molar-refractivity contribution in [1.29, 1.82) is 0 Å². The summed E-state index contributed by atoms with van der Waals surface area (Å²) in [6.07, 6.45) is 0. The molecule has 8 heteroatoms. The molecule has 4 rings (SSSR count). The first-order valence-corrected chi connectivity index (χ1v) is 11.5. The van der Waals surface area contributed by atoms with Crippen molar-refractivity contribution in [2.24, 2.45) is 0 Å². The number of para-hydroxylation sites is 2. The Balaban J connectivity index is 1.60. The van der Waals surface area contributed by atoms with Crippen LogP contribution in [0.2, 0.25) is 0 Å². The van der Waals surface area contributed by atoms with Crippen molar-refractivity contribution >= 4 is 29.3 Å². The zero-order valence-electron chi connectivity index (χ0n) is 17.9. The van der Waals surface area contributed by atoms with Gasteiger partial charge in [0.15, 0.2) is 5.16 Å². The third-order valence-electron chi connectivity index (χ3n) is 5.28. The number of ether oxygens (including phenoxy) is 1. The van der Waals surface area contributed by atoms with E-state index < -0.39 is 0 Å². The van der Waals surface area contributed by atoms with E-state index in [-0.39, 0.29) is 11.7 Å². The molecule has 0 spiro atoms. The van der Waals surface area contributed by atoms with Crippen molar-refractivity contribution in [3.63, 3.8) is 0 Å². The van der Waals surface area contributed by atoms with Gasteiger partial charge in [0.2, 0.25) is 11.9 Å². The third-order valence-corrected chi connectivity index (χ3v) is 6.19. The standard InChI is InChI=1S/C23H27N5O2S/c1-3-27(19-10-5-4-6-11-19)21(29)17-31-23-25-24-22(26-13-15-30-16-14-26)28(23)20-12-8-7-9-18(20)2/h4-12H,3,13-17H2,1-2H3. The lowest BCUT2D eigenvalue weighted by Crippen LogP contribution is -2.38. The second kappa shape index (κ2) is 9.98. The molecule has 0 radical (unpaired) electrons. The number of thioether (sulfide) groups is 1. The molecule has 1 aliphatic heterocycles. The van der Waals surface area contributed by atoms with Gasteiger partial charge in [0, 0.05) is 25.3 Å². The monoisotopic (exact) mass is 437 g/mol.